The van der Waals surface area contributed by atoms with Crippen molar-refractivity contribution in [2.24, 2.45) is 10.9 Å². The number of carbonyl (C=O) groups is 1. The van der Waals surface area contributed by atoms with E-state index in [-0.39, 0.29) is 23.0 Å². The molecule has 0 saturated heterocycles. The van der Waals surface area contributed by atoms with Gasteiger partial charge in [0.25, 0.3) is 11.5 Å². The molecule has 1 atom stereocenters. The average Bonchev–Trinajstić information content (AvgIpc) is 2.97. The van der Waals surface area contributed by atoms with Gasteiger partial charge < -0.3 is 20.3 Å². The molecule has 2 aromatic rings. The largest absolute Gasteiger partial charge is 0.505 e. The third-order valence-corrected chi connectivity index (χ3v) is 5.57. The second kappa shape index (κ2) is 8.30. The van der Waals surface area contributed by atoms with Crippen LogP contribution in [0.15, 0.2) is 34.1 Å². The number of nitrogens with zero attached hydrogens (tertiary/aromatic N) is 2. The van der Waals surface area contributed by atoms with Crippen LogP contribution in [0.1, 0.15) is 41.4 Å². The number of pyridine rings is 1. The molecule has 158 valence electrons. The quantitative estimate of drug-likeness (QED) is 0.702. The van der Waals surface area contributed by atoms with Crippen molar-refractivity contribution >= 4 is 17.3 Å². The minimum Gasteiger partial charge on any atom is -0.505 e. The minimum atomic E-state index is -0.566. The maximum Gasteiger partial charge on any atom is 0.267 e. The van der Waals surface area contributed by atoms with Crippen molar-refractivity contribution in [3.8, 4) is 5.75 Å². The molecule has 2 aliphatic heterocycles. The van der Waals surface area contributed by atoms with E-state index in [2.05, 4.69) is 10.6 Å². The van der Waals surface area contributed by atoms with Crippen LogP contribution < -0.4 is 16.2 Å². The smallest absolute Gasteiger partial charge is 0.267 e. The molecule has 2 aliphatic rings. The maximum atomic E-state index is 13.3. The van der Waals surface area contributed by atoms with Crippen molar-refractivity contribution in [3.63, 3.8) is 0 Å². The van der Waals surface area contributed by atoms with Gasteiger partial charge in [-0.3, -0.25) is 14.6 Å². The second-order valence-corrected chi connectivity index (χ2v) is 7.69. The fourth-order valence-corrected chi connectivity index (χ4v) is 4.11. The first kappa shape index (κ1) is 20.1. The first-order chi connectivity index (χ1) is 14.5. The van der Waals surface area contributed by atoms with Gasteiger partial charge in [-0.1, -0.05) is 19.1 Å². The number of benzene rings is 1. The van der Waals surface area contributed by atoms with E-state index >= 15 is 0 Å². The standard InChI is InChI=1S/C22H25FN4O3/c1-2-8-25-21(29)16-20(28)18-19-17(24-9-3-10-27(19)22(16)30)14(12-26-18)11-13-4-6-15(23)7-5-13/h4-7,14,26,28H,2-3,8-12H2,1H3,(H,25,29). The predicted octanol–water partition coefficient (Wildman–Crippen LogP) is 2.31. The number of nitrogens with one attached hydrogen (secondary N) is 2. The summed E-state index contributed by atoms with van der Waals surface area (Å²) in [5.74, 6) is -1.21. The molecule has 0 saturated carbocycles. The fraction of sp³-hybridized carbons (Fsp3) is 0.409. The van der Waals surface area contributed by atoms with Crippen molar-refractivity contribution < 1.29 is 14.3 Å². The molecule has 0 bridgehead atoms. The summed E-state index contributed by atoms with van der Waals surface area (Å²) in [6.07, 6.45) is 2.02. The Hall–Kier alpha value is -3.16. The zero-order valence-corrected chi connectivity index (χ0v) is 16.9. The van der Waals surface area contributed by atoms with E-state index in [1.165, 1.54) is 12.1 Å². The molecule has 8 heteroatoms. The van der Waals surface area contributed by atoms with Crippen molar-refractivity contribution in [1.29, 1.82) is 0 Å². The Morgan fingerprint density at radius 3 is 2.87 bits per heavy atom. The predicted molar refractivity (Wildman–Crippen MR) is 113 cm³/mol. The summed E-state index contributed by atoms with van der Waals surface area (Å²) in [5.41, 5.74) is 1.92. The van der Waals surface area contributed by atoms with Crippen LogP contribution in [0.4, 0.5) is 10.1 Å². The Morgan fingerprint density at radius 1 is 1.37 bits per heavy atom. The molecule has 3 N–H and O–H groups in total. The highest BCUT2D eigenvalue weighted by molar-refractivity contribution is 6.10. The molecule has 1 unspecified atom stereocenters. The van der Waals surface area contributed by atoms with E-state index in [4.69, 9.17) is 4.99 Å². The number of amides is 1. The van der Waals surface area contributed by atoms with Gasteiger partial charge in [0.05, 0.1) is 11.4 Å². The van der Waals surface area contributed by atoms with E-state index in [9.17, 15) is 19.1 Å². The molecule has 0 aliphatic carbocycles. The lowest BCUT2D eigenvalue weighted by molar-refractivity contribution is 0.0948. The van der Waals surface area contributed by atoms with E-state index < -0.39 is 11.5 Å². The normalized spacial score (nSPS) is 17.4. The van der Waals surface area contributed by atoms with Gasteiger partial charge in [-0.2, -0.15) is 0 Å². The van der Waals surface area contributed by atoms with Gasteiger partial charge in [0, 0.05) is 32.1 Å². The molecule has 30 heavy (non-hydrogen) atoms. The highest BCUT2D eigenvalue weighted by atomic mass is 19.1. The zero-order chi connectivity index (χ0) is 21.3. The molecule has 3 heterocycles. The first-order valence-electron chi connectivity index (χ1n) is 10.3. The number of carbonyl (C=O) groups excluding carboxylic acids is 1. The first-order valence-corrected chi connectivity index (χ1v) is 10.3. The Bertz CT molecular complexity index is 1060. The van der Waals surface area contributed by atoms with Crippen LogP contribution in [0.3, 0.4) is 0 Å². The third-order valence-electron chi connectivity index (χ3n) is 5.57. The topological polar surface area (TPSA) is 95.7 Å². The lowest BCUT2D eigenvalue weighted by atomic mass is 9.88. The van der Waals surface area contributed by atoms with Crippen LogP contribution in [0.25, 0.3) is 0 Å². The van der Waals surface area contributed by atoms with E-state index in [1.807, 2.05) is 6.92 Å². The SMILES string of the molecule is CCCNC(=O)c1c(O)c2c3n(c1=O)CCCN=C3C(Cc1ccc(F)cc1)CN2. The number of rotatable bonds is 5. The molecule has 1 aromatic heterocycles. The monoisotopic (exact) mass is 412 g/mol. The molecular weight excluding hydrogens is 387 g/mol. The number of aromatic nitrogens is 1. The number of halogens is 1. The number of hydrogen-bond acceptors (Lipinski definition) is 5. The second-order valence-electron chi connectivity index (χ2n) is 7.69. The van der Waals surface area contributed by atoms with Crippen molar-refractivity contribution in [3.05, 3.63) is 57.3 Å². The summed E-state index contributed by atoms with van der Waals surface area (Å²) in [6.45, 7) is 3.82. The van der Waals surface area contributed by atoms with Gasteiger partial charge >= 0.3 is 0 Å². The van der Waals surface area contributed by atoms with Crippen molar-refractivity contribution in [1.82, 2.24) is 9.88 Å². The van der Waals surface area contributed by atoms with E-state index in [1.54, 1.807) is 16.7 Å². The number of aromatic hydroxyl groups is 1. The summed E-state index contributed by atoms with van der Waals surface area (Å²) in [5, 5.41) is 16.7. The Labute approximate surface area is 173 Å². The molecule has 0 spiro atoms. The fourth-order valence-electron chi connectivity index (χ4n) is 4.11. The molecule has 0 fully saturated rings. The van der Waals surface area contributed by atoms with Crippen molar-refractivity contribution in [2.75, 3.05) is 25.0 Å². The summed E-state index contributed by atoms with van der Waals surface area (Å²) in [4.78, 5) is 30.4. The lowest BCUT2D eigenvalue weighted by Gasteiger charge is -2.30. The molecule has 1 aromatic carbocycles. The van der Waals surface area contributed by atoms with Crippen LogP contribution in [-0.2, 0) is 13.0 Å². The van der Waals surface area contributed by atoms with E-state index in [0.29, 0.717) is 50.4 Å². The average molecular weight is 412 g/mol. The Kier molecular flexibility index (Phi) is 5.57. The van der Waals surface area contributed by atoms with Gasteiger partial charge in [-0.15, -0.1) is 0 Å². The highest BCUT2D eigenvalue weighted by Crippen LogP contribution is 2.36. The summed E-state index contributed by atoms with van der Waals surface area (Å²) in [6, 6.07) is 6.34. The number of hydrogen-bond donors (Lipinski definition) is 3. The zero-order valence-electron chi connectivity index (χ0n) is 16.9. The molecule has 4 rings (SSSR count). The van der Waals surface area contributed by atoms with Crippen LogP contribution in [-0.4, -0.2) is 40.9 Å². The van der Waals surface area contributed by atoms with Crippen LogP contribution >= 0.6 is 0 Å². The third kappa shape index (κ3) is 3.58. The lowest BCUT2D eigenvalue weighted by Crippen LogP contribution is -2.41. The highest BCUT2D eigenvalue weighted by Gasteiger charge is 2.35. The molecule has 1 amide bonds. The minimum absolute atomic E-state index is 0.0362. The van der Waals surface area contributed by atoms with Gasteiger partial charge in [0.1, 0.15) is 17.1 Å². The van der Waals surface area contributed by atoms with Gasteiger partial charge in [-0.25, -0.2) is 4.39 Å². The van der Waals surface area contributed by atoms with Crippen LogP contribution in [0.2, 0.25) is 0 Å². The van der Waals surface area contributed by atoms with Gasteiger partial charge in [0.2, 0.25) is 0 Å². The molecular formula is C22H25FN4O3. The summed E-state index contributed by atoms with van der Waals surface area (Å²) in [7, 11) is 0. The Morgan fingerprint density at radius 2 is 2.13 bits per heavy atom. The van der Waals surface area contributed by atoms with Gasteiger partial charge in [0.15, 0.2) is 5.75 Å². The maximum absolute atomic E-state index is 13.3. The number of anilines is 1. The molecule has 7 nitrogen and oxygen atoms in total. The molecule has 0 radical (unpaired) electrons. The summed E-state index contributed by atoms with van der Waals surface area (Å²) >= 11 is 0. The van der Waals surface area contributed by atoms with Crippen LogP contribution in [0, 0.1) is 11.7 Å². The van der Waals surface area contributed by atoms with Crippen molar-refractivity contribution in [2.45, 2.75) is 32.7 Å². The van der Waals surface area contributed by atoms with Gasteiger partial charge in [-0.05, 0) is 37.0 Å². The van der Waals surface area contributed by atoms with E-state index in [0.717, 1.165) is 17.7 Å². The Balaban J connectivity index is 1.77. The summed E-state index contributed by atoms with van der Waals surface area (Å²) < 4.78 is 14.8. The number of aliphatic imine (C=N–C) groups is 1. The van der Waals surface area contributed by atoms with Crippen LogP contribution in [0.5, 0.6) is 5.75 Å².